The third kappa shape index (κ3) is 4.21. The van der Waals surface area contributed by atoms with Crippen molar-refractivity contribution in [3.8, 4) is 0 Å². The van der Waals surface area contributed by atoms with Crippen molar-refractivity contribution in [2.24, 2.45) is 0 Å². The number of carboxylic acid groups (broad SMARTS) is 1. The van der Waals surface area contributed by atoms with Crippen molar-refractivity contribution < 1.29 is 80.9 Å². The summed E-state index contributed by atoms with van der Waals surface area (Å²) >= 11 is 0. The van der Waals surface area contributed by atoms with Gasteiger partial charge in [-0.2, -0.15) is 61.5 Å². The van der Waals surface area contributed by atoms with E-state index in [9.17, 15) is 75.8 Å². The smallest absolute Gasteiger partial charge is 0.438 e. The van der Waals surface area contributed by atoms with Crippen LogP contribution in [0.4, 0.5) is 65.9 Å². The van der Waals surface area contributed by atoms with E-state index in [0.717, 1.165) is 0 Å². The number of carbonyl (C=O) groups excluding carboxylic acids is 1. The van der Waals surface area contributed by atoms with Crippen LogP contribution in [-0.2, 0) is 4.79 Å². The van der Waals surface area contributed by atoms with Crippen LogP contribution < -0.4 is 5.11 Å². The molecule has 0 saturated heterocycles. The molecule has 0 rings (SSSR count). The fourth-order valence-corrected chi connectivity index (χ4v) is 2.25. The van der Waals surface area contributed by atoms with E-state index in [4.69, 9.17) is 5.11 Å². The van der Waals surface area contributed by atoms with E-state index in [0.29, 0.717) is 6.92 Å². The molecule has 0 aliphatic rings. The number of hydrogen-bond acceptors (Lipinski definition) is 3. The Morgan fingerprint density at radius 2 is 1.09 bits per heavy atom. The molecule has 32 heavy (non-hydrogen) atoms. The topological polar surface area (TPSA) is 60.4 Å². The molecule has 0 aromatic carbocycles. The fourth-order valence-electron chi connectivity index (χ4n) is 2.25. The summed E-state index contributed by atoms with van der Waals surface area (Å²) in [4.78, 5) is 10.6. The summed E-state index contributed by atoms with van der Waals surface area (Å²) in [7, 11) is 0. The second-order valence-electron chi connectivity index (χ2n) is 6.40. The first-order valence-electron chi connectivity index (χ1n) is 7.59. The lowest BCUT2D eigenvalue weighted by molar-refractivity contribution is -0.455. The number of alkyl halides is 15. The van der Waals surface area contributed by atoms with Crippen LogP contribution in [0.15, 0.2) is 11.1 Å². The molecule has 1 N–H and O–H groups in total. The molecule has 0 aromatic heterocycles. The molecule has 1 atom stereocenters. The monoisotopic (exact) mass is 511 g/mol. The van der Waals surface area contributed by atoms with Crippen LogP contribution >= 0.6 is 0 Å². The summed E-state index contributed by atoms with van der Waals surface area (Å²) in [6.45, 7) is 0.390. The van der Waals surface area contributed by atoms with Gasteiger partial charge in [0.05, 0.1) is 12.1 Å². The van der Waals surface area contributed by atoms with Gasteiger partial charge in [-0.1, -0.05) is 0 Å². The van der Waals surface area contributed by atoms with Crippen molar-refractivity contribution >= 4 is 5.97 Å². The number of carboxylic acids is 1. The minimum Gasteiger partial charge on any atom is -0.545 e. The van der Waals surface area contributed by atoms with Crippen molar-refractivity contribution in [2.45, 2.75) is 68.1 Å². The zero-order valence-electron chi connectivity index (χ0n) is 15.2. The Morgan fingerprint density at radius 1 is 0.750 bits per heavy atom. The van der Waals surface area contributed by atoms with Gasteiger partial charge in [0.25, 0.3) is 0 Å². The summed E-state index contributed by atoms with van der Waals surface area (Å²) in [5.41, 5.74) is -13.4. The van der Waals surface area contributed by atoms with Gasteiger partial charge in [0, 0.05) is 12.0 Å². The standard InChI is InChI=1S/C14H11F15O3/c1-4(30)3-6(5(2)7(31)32)8(15,16)10(18,19)12(22,23)11(20,21)9(17,13(24,25)26)14(27,28)29/h4,30H,3H2,1-2H3,(H,31,32)/p-1. The summed E-state index contributed by atoms with van der Waals surface area (Å²) in [5.74, 6) is -34.8. The quantitative estimate of drug-likeness (QED) is 0.393. The van der Waals surface area contributed by atoms with Crippen LogP contribution in [0.3, 0.4) is 0 Å². The first kappa shape index (κ1) is 30.1. The highest BCUT2D eigenvalue weighted by Crippen LogP contribution is 2.64. The zero-order chi connectivity index (χ0) is 26.5. The lowest BCUT2D eigenvalue weighted by Crippen LogP contribution is -2.75. The first-order chi connectivity index (χ1) is 13.7. The summed E-state index contributed by atoms with van der Waals surface area (Å²) in [5, 5.41) is 19.6. The molecular formula is C14H10F15O3-. The van der Waals surface area contributed by atoms with Gasteiger partial charge in [0.1, 0.15) is 0 Å². The van der Waals surface area contributed by atoms with E-state index in [-0.39, 0.29) is 6.92 Å². The van der Waals surface area contributed by atoms with Crippen LogP contribution in [0, 0.1) is 0 Å². The van der Waals surface area contributed by atoms with E-state index in [1.54, 1.807) is 0 Å². The van der Waals surface area contributed by atoms with E-state index < -0.39 is 71.4 Å². The molecule has 190 valence electrons. The van der Waals surface area contributed by atoms with Gasteiger partial charge in [-0.15, -0.1) is 0 Å². The molecule has 0 bridgehead atoms. The Morgan fingerprint density at radius 3 is 1.34 bits per heavy atom. The Labute approximate surface area is 167 Å². The fraction of sp³-hybridized carbons (Fsp3) is 0.786. The van der Waals surface area contributed by atoms with Crippen molar-refractivity contribution in [3.05, 3.63) is 11.1 Å². The second-order valence-corrected chi connectivity index (χ2v) is 6.40. The lowest BCUT2D eigenvalue weighted by Gasteiger charge is -2.43. The Balaban J connectivity index is 7.22. The molecule has 18 heteroatoms. The predicted molar refractivity (Wildman–Crippen MR) is 69.7 cm³/mol. The number of aliphatic hydroxyl groups is 1. The molecule has 0 aliphatic heterocycles. The van der Waals surface area contributed by atoms with Gasteiger partial charge in [0.2, 0.25) is 0 Å². The Kier molecular flexibility index (Phi) is 7.68. The highest BCUT2D eigenvalue weighted by Gasteiger charge is 2.95. The number of hydrogen-bond donors (Lipinski definition) is 1. The highest BCUT2D eigenvalue weighted by molar-refractivity contribution is 5.85. The number of rotatable bonds is 8. The van der Waals surface area contributed by atoms with Gasteiger partial charge in [-0.25, -0.2) is 4.39 Å². The van der Waals surface area contributed by atoms with Crippen LogP contribution in [0.5, 0.6) is 0 Å². The molecule has 0 aromatic rings. The normalized spacial score (nSPS) is 17.2. The van der Waals surface area contributed by atoms with Gasteiger partial charge in [-0.05, 0) is 19.4 Å². The van der Waals surface area contributed by atoms with Crippen LogP contribution in [-0.4, -0.2) is 58.9 Å². The van der Waals surface area contributed by atoms with Crippen molar-refractivity contribution in [2.75, 3.05) is 0 Å². The Hall–Kier alpha value is -1.88. The average molecular weight is 511 g/mol. The first-order valence-corrected chi connectivity index (χ1v) is 7.59. The van der Waals surface area contributed by atoms with E-state index in [2.05, 4.69) is 0 Å². The van der Waals surface area contributed by atoms with Crippen molar-refractivity contribution in [1.82, 2.24) is 0 Å². The van der Waals surface area contributed by atoms with Crippen LogP contribution in [0.1, 0.15) is 20.3 Å². The van der Waals surface area contributed by atoms with E-state index in [1.807, 2.05) is 0 Å². The number of halogens is 15. The van der Waals surface area contributed by atoms with Gasteiger partial charge in [-0.3, -0.25) is 0 Å². The van der Waals surface area contributed by atoms with Crippen LogP contribution in [0.2, 0.25) is 0 Å². The number of aliphatic hydroxyl groups excluding tert-OH is 1. The predicted octanol–water partition coefficient (Wildman–Crippen LogP) is 4.20. The molecule has 0 aliphatic carbocycles. The van der Waals surface area contributed by atoms with Crippen molar-refractivity contribution in [3.63, 3.8) is 0 Å². The molecule has 0 radical (unpaired) electrons. The molecule has 0 spiro atoms. The zero-order valence-corrected chi connectivity index (χ0v) is 15.2. The molecule has 0 heterocycles. The van der Waals surface area contributed by atoms with Gasteiger partial charge in [0.15, 0.2) is 0 Å². The maximum Gasteiger partial charge on any atom is 0.438 e. The van der Waals surface area contributed by atoms with Gasteiger partial charge >= 0.3 is 41.7 Å². The number of aliphatic carboxylic acids is 1. The average Bonchev–Trinajstić information content (AvgIpc) is 2.54. The molecule has 0 fully saturated rings. The maximum absolute atomic E-state index is 14.1. The van der Waals surface area contributed by atoms with Crippen molar-refractivity contribution in [1.29, 1.82) is 0 Å². The lowest BCUT2D eigenvalue weighted by atomic mass is 9.82. The van der Waals surface area contributed by atoms with E-state index >= 15 is 0 Å². The van der Waals surface area contributed by atoms with Gasteiger partial charge < -0.3 is 15.0 Å². The Bertz CT molecular complexity index is 731. The third-order valence-electron chi connectivity index (χ3n) is 4.03. The van der Waals surface area contributed by atoms with E-state index in [1.165, 1.54) is 0 Å². The maximum atomic E-state index is 14.1. The molecular weight excluding hydrogens is 501 g/mol. The molecule has 1 unspecified atom stereocenters. The molecule has 0 amide bonds. The minimum absolute atomic E-state index is 0.0573. The summed E-state index contributed by atoms with van der Waals surface area (Å²) in [6, 6.07) is 0. The largest absolute Gasteiger partial charge is 0.545 e. The minimum atomic E-state index is -8.62. The molecule has 3 nitrogen and oxygen atoms in total. The summed E-state index contributed by atoms with van der Waals surface area (Å²) in [6.07, 6.45) is -20.5. The second kappa shape index (κ2) is 8.16. The summed E-state index contributed by atoms with van der Waals surface area (Å²) < 4.78 is 199. The number of carbonyl (C=O) groups is 1. The highest BCUT2D eigenvalue weighted by atomic mass is 19.4. The van der Waals surface area contributed by atoms with Crippen LogP contribution in [0.25, 0.3) is 0 Å². The molecule has 0 saturated carbocycles. The third-order valence-corrected chi connectivity index (χ3v) is 4.03. The SMILES string of the molecule is CC(C(=O)[O-])=C(CC(C)O)C(F)(F)C(F)(F)C(F)(F)C(F)(F)C(F)(C(F)(F)F)C(F)(F)F.